The third-order valence-electron chi connectivity index (χ3n) is 0.871. The van der Waals surface area contributed by atoms with Gasteiger partial charge in [0.15, 0.2) is 0 Å². The van der Waals surface area contributed by atoms with Gasteiger partial charge in [-0.2, -0.15) is 0 Å². The minimum Gasteiger partial charge on any atom is -0.347 e. The summed E-state index contributed by atoms with van der Waals surface area (Å²) in [6, 6.07) is -0.231. The van der Waals surface area contributed by atoms with Gasteiger partial charge in [0.05, 0.1) is 6.04 Å². The fourth-order valence-electron chi connectivity index (χ4n) is 0.480. The van der Waals surface area contributed by atoms with Crippen molar-refractivity contribution in [3.05, 3.63) is 25.1 Å². The quantitative estimate of drug-likeness (QED) is 0.544. The van der Waals surface area contributed by atoms with Crippen LogP contribution in [0.2, 0.25) is 0 Å². The number of rotatable bonds is 1. The lowest BCUT2D eigenvalue weighted by Crippen LogP contribution is -2.06. The van der Waals surface area contributed by atoms with E-state index < -0.39 is 0 Å². The van der Waals surface area contributed by atoms with Crippen molar-refractivity contribution in [2.24, 2.45) is 5.73 Å². The zero-order valence-corrected chi connectivity index (χ0v) is 4.46. The molecule has 43 valence electrons. The molecule has 0 spiro atoms. The van der Waals surface area contributed by atoms with E-state index in [1.807, 2.05) is 0 Å². The van der Waals surface area contributed by atoms with Crippen LogP contribution in [-0.2, 0) is 0 Å². The molecule has 8 heavy (non-hydrogen) atoms. The van der Waals surface area contributed by atoms with Crippen molar-refractivity contribution in [2.45, 2.75) is 6.04 Å². The van der Waals surface area contributed by atoms with Crippen LogP contribution in [-0.4, -0.2) is 9.97 Å². The van der Waals surface area contributed by atoms with Crippen molar-refractivity contribution in [1.29, 1.82) is 0 Å². The Kier molecular flexibility index (Phi) is 1.30. The zero-order chi connectivity index (χ0) is 5.98. The average Bonchev–Trinajstić information content (AvgIpc) is 2.12. The van der Waals surface area contributed by atoms with E-state index in [1.54, 1.807) is 12.4 Å². The Morgan fingerprint density at radius 2 is 2.62 bits per heavy atom. The van der Waals surface area contributed by atoms with Crippen molar-refractivity contribution in [1.82, 2.24) is 9.97 Å². The van der Waals surface area contributed by atoms with Crippen LogP contribution in [0, 0.1) is 6.92 Å². The highest BCUT2D eigenvalue weighted by Gasteiger charge is 1.97. The smallest absolute Gasteiger partial charge is 0.123 e. The summed E-state index contributed by atoms with van der Waals surface area (Å²) in [7, 11) is 0. The molecule has 0 aliphatic heterocycles. The average molecular weight is 110 g/mol. The molecular weight excluding hydrogens is 102 g/mol. The second kappa shape index (κ2) is 1.96. The fourth-order valence-corrected chi connectivity index (χ4v) is 0.480. The number of hydrogen-bond acceptors (Lipinski definition) is 2. The number of H-pyrrole nitrogens is 1. The van der Waals surface area contributed by atoms with Crippen molar-refractivity contribution < 1.29 is 0 Å². The standard InChI is InChI=1S/C5H8N3/c1-4(6)5-7-2-3-8-5/h2-4H,1,6H2,(H,7,8). The Hall–Kier alpha value is -0.830. The highest BCUT2D eigenvalue weighted by atomic mass is 14.9. The summed E-state index contributed by atoms with van der Waals surface area (Å²) in [4.78, 5) is 6.71. The lowest BCUT2D eigenvalue weighted by molar-refractivity contribution is 0.827. The van der Waals surface area contributed by atoms with Gasteiger partial charge in [-0.05, 0) is 6.92 Å². The number of nitrogens with zero attached hydrogens (tertiary/aromatic N) is 1. The Morgan fingerprint density at radius 3 is 2.88 bits per heavy atom. The Labute approximate surface area is 47.9 Å². The SMILES string of the molecule is [CH2]C(N)c1ncc[nH]1. The predicted molar refractivity (Wildman–Crippen MR) is 30.9 cm³/mol. The molecule has 0 aromatic carbocycles. The summed E-state index contributed by atoms with van der Waals surface area (Å²) in [5, 5.41) is 0. The van der Waals surface area contributed by atoms with Crippen LogP contribution in [0.5, 0.6) is 0 Å². The lowest BCUT2D eigenvalue weighted by Gasteiger charge is -1.95. The van der Waals surface area contributed by atoms with Gasteiger partial charge in [-0.25, -0.2) is 4.98 Å². The number of nitrogens with one attached hydrogen (secondary N) is 1. The largest absolute Gasteiger partial charge is 0.347 e. The van der Waals surface area contributed by atoms with Crippen molar-refractivity contribution in [2.75, 3.05) is 0 Å². The molecule has 0 aliphatic rings. The van der Waals surface area contributed by atoms with Gasteiger partial charge in [0.2, 0.25) is 0 Å². The van der Waals surface area contributed by atoms with E-state index in [0.29, 0.717) is 0 Å². The summed E-state index contributed by atoms with van der Waals surface area (Å²) in [6.07, 6.45) is 3.38. The number of aromatic nitrogens is 2. The number of imidazole rings is 1. The maximum Gasteiger partial charge on any atom is 0.123 e. The van der Waals surface area contributed by atoms with Gasteiger partial charge in [-0.3, -0.25) is 0 Å². The second-order valence-corrected chi connectivity index (χ2v) is 1.58. The molecule has 1 heterocycles. The third kappa shape index (κ3) is 0.869. The van der Waals surface area contributed by atoms with Crippen LogP contribution in [0.3, 0.4) is 0 Å². The summed E-state index contributed by atoms with van der Waals surface area (Å²) in [6.45, 7) is 3.56. The minimum atomic E-state index is -0.231. The van der Waals surface area contributed by atoms with Gasteiger partial charge in [0.1, 0.15) is 5.82 Å². The van der Waals surface area contributed by atoms with E-state index in [-0.39, 0.29) is 6.04 Å². The summed E-state index contributed by atoms with van der Waals surface area (Å²) in [5.41, 5.74) is 5.35. The molecule has 3 nitrogen and oxygen atoms in total. The Balaban J connectivity index is 2.77. The fraction of sp³-hybridized carbons (Fsp3) is 0.200. The van der Waals surface area contributed by atoms with E-state index >= 15 is 0 Å². The first-order chi connectivity index (χ1) is 3.80. The minimum absolute atomic E-state index is 0.231. The van der Waals surface area contributed by atoms with Crippen LogP contribution in [0.15, 0.2) is 12.4 Å². The van der Waals surface area contributed by atoms with Crippen molar-refractivity contribution in [3.8, 4) is 0 Å². The molecule has 0 bridgehead atoms. The van der Waals surface area contributed by atoms with Crippen LogP contribution < -0.4 is 5.73 Å². The molecule has 3 N–H and O–H groups in total. The molecule has 1 radical (unpaired) electrons. The van der Waals surface area contributed by atoms with E-state index in [0.717, 1.165) is 5.82 Å². The molecule has 0 fully saturated rings. The van der Waals surface area contributed by atoms with E-state index in [1.165, 1.54) is 0 Å². The Bertz CT molecular complexity index is 143. The van der Waals surface area contributed by atoms with Crippen LogP contribution >= 0.6 is 0 Å². The molecule has 0 aliphatic carbocycles. The zero-order valence-electron chi connectivity index (χ0n) is 4.46. The van der Waals surface area contributed by atoms with Gasteiger partial charge < -0.3 is 10.7 Å². The van der Waals surface area contributed by atoms with E-state index in [9.17, 15) is 0 Å². The first-order valence-corrected chi connectivity index (χ1v) is 2.38. The molecule has 0 saturated heterocycles. The molecular formula is C5H8N3. The second-order valence-electron chi connectivity index (χ2n) is 1.58. The first kappa shape index (κ1) is 5.31. The number of nitrogens with two attached hydrogens (primary N) is 1. The van der Waals surface area contributed by atoms with Crippen LogP contribution in [0.4, 0.5) is 0 Å². The molecule has 1 rings (SSSR count). The van der Waals surface area contributed by atoms with Crippen molar-refractivity contribution >= 4 is 0 Å². The molecule has 1 aromatic heterocycles. The number of hydrogen-bond donors (Lipinski definition) is 2. The normalized spacial score (nSPS) is 13.8. The highest BCUT2D eigenvalue weighted by Crippen LogP contribution is 1.97. The van der Waals surface area contributed by atoms with Gasteiger partial charge in [-0.15, -0.1) is 0 Å². The predicted octanol–water partition coefficient (Wildman–Crippen LogP) is 0.244. The van der Waals surface area contributed by atoms with Gasteiger partial charge in [0.25, 0.3) is 0 Å². The lowest BCUT2D eigenvalue weighted by atomic mass is 10.3. The van der Waals surface area contributed by atoms with Gasteiger partial charge in [0, 0.05) is 12.4 Å². The summed E-state index contributed by atoms with van der Waals surface area (Å²) in [5.74, 6) is 0.727. The Morgan fingerprint density at radius 1 is 1.88 bits per heavy atom. The van der Waals surface area contributed by atoms with Crippen LogP contribution in [0.1, 0.15) is 11.9 Å². The maximum absolute atomic E-state index is 5.35. The molecule has 3 heteroatoms. The molecule has 1 atom stereocenters. The van der Waals surface area contributed by atoms with E-state index in [2.05, 4.69) is 16.9 Å². The molecule has 1 aromatic rings. The molecule has 1 unspecified atom stereocenters. The van der Waals surface area contributed by atoms with Crippen molar-refractivity contribution in [3.63, 3.8) is 0 Å². The number of aromatic amines is 1. The third-order valence-corrected chi connectivity index (χ3v) is 0.871. The summed E-state index contributed by atoms with van der Waals surface area (Å²) >= 11 is 0. The monoisotopic (exact) mass is 110 g/mol. The maximum atomic E-state index is 5.35. The van der Waals surface area contributed by atoms with E-state index in [4.69, 9.17) is 5.73 Å². The summed E-state index contributed by atoms with van der Waals surface area (Å²) < 4.78 is 0. The van der Waals surface area contributed by atoms with Gasteiger partial charge in [-0.1, -0.05) is 0 Å². The highest BCUT2D eigenvalue weighted by molar-refractivity contribution is 4.94. The molecule has 0 amide bonds. The molecule has 0 saturated carbocycles. The van der Waals surface area contributed by atoms with Gasteiger partial charge >= 0.3 is 0 Å². The first-order valence-electron chi connectivity index (χ1n) is 2.38. The topological polar surface area (TPSA) is 54.7 Å². The van der Waals surface area contributed by atoms with Crippen LogP contribution in [0.25, 0.3) is 0 Å².